The van der Waals surface area contributed by atoms with Crippen LogP contribution >= 0.6 is 11.6 Å². The number of rotatable bonds is 8. The lowest BCUT2D eigenvalue weighted by Crippen LogP contribution is -2.38. The number of Topliss-reactive ketones (excluding diaryl/α,β-unsaturated/α-hetero) is 1. The molecule has 3 aliphatic heterocycles. The van der Waals surface area contributed by atoms with Crippen LogP contribution in [0.3, 0.4) is 0 Å². The number of fused-ring (bicyclic) bond motifs is 1. The fraction of sp³-hybridized carbons (Fsp3) is 0.423. The molecule has 1 aromatic heterocycles. The summed E-state index contributed by atoms with van der Waals surface area (Å²) < 4.78 is 11.5. The van der Waals surface area contributed by atoms with Gasteiger partial charge in [0.25, 0.3) is 0 Å². The van der Waals surface area contributed by atoms with Crippen LogP contribution in [0.1, 0.15) is 19.3 Å². The van der Waals surface area contributed by atoms with Gasteiger partial charge in [0.1, 0.15) is 23.2 Å². The van der Waals surface area contributed by atoms with Gasteiger partial charge in [-0.25, -0.2) is 4.98 Å². The van der Waals surface area contributed by atoms with Gasteiger partial charge >= 0.3 is 0 Å². The number of benzene rings is 1. The molecule has 0 radical (unpaired) electrons. The lowest BCUT2D eigenvalue weighted by Gasteiger charge is -2.28. The Bertz CT molecular complexity index is 1150. The van der Waals surface area contributed by atoms with Crippen molar-refractivity contribution in [3.63, 3.8) is 0 Å². The second-order valence-corrected chi connectivity index (χ2v) is 9.41. The number of nitrogens with zero attached hydrogens (tertiary/aromatic N) is 4. The summed E-state index contributed by atoms with van der Waals surface area (Å²) in [5.41, 5.74) is 2.69. The maximum absolute atomic E-state index is 12.1. The Morgan fingerprint density at radius 2 is 2.00 bits per heavy atom. The van der Waals surface area contributed by atoms with Gasteiger partial charge in [-0.15, -0.1) is 0 Å². The van der Waals surface area contributed by atoms with Crippen molar-refractivity contribution in [2.24, 2.45) is 0 Å². The number of hydrogen-bond donors (Lipinski definition) is 2. The predicted octanol–water partition coefficient (Wildman–Crippen LogP) is 3.83. The fourth-order valence-corrected chi connectivity index (χ4v) is 4.61. The van der Waals surface area contributed by atoms with E-state index in [0.717, 1.165) is 75.2 Å². The van der Waals surface area contributed by atoms with E-state index in [1.807, 2.05) is 30.3 Å². The van der Waals surface area contributed by atoms with Gasteiger partial charge in [-0.05, 0) is 30.7 Å². The monoisotopic (exact) mass is 510 g/mol. The van der Waals surface area contributed by atoms with Crippen LogP contribution in [-0.4, -0.2) is 78.1 Å². The second-order valence-electron chi connectivity index (χ2n) is 9.00. The van der Waals surface area contributed by atoms with E-state index in [-0.39, 0.29) is 5.78 Å². The fourth-order valence-electron chi connectivity index (χ4n) is 4.47. The first-order valence-corrected chi connectivity index (χ1v) is 12.8. The van der Waals surface area contributed by atoms with Gasteiger partial charge in [0, 0.05) is 57.0 Å². The third kappa shape index (κ3) is 6.34. The quantitative estimate of drug-likeness (QED) is 0.549. The number of carbonyl (C=O) groups excluding carboxylic acids is 1. The van der Waals surface area contributed by atoms with Crippen LogP contribution < -0.4 is 15.4 Å². The Hall–Kier alpha value is -3.14. The molecule has 4 heterocycles. The molecule has 2 N–H and O–H groups in total. The van der Waals surface area contributed by atoms with E-state index in [9.17, 15) is 4.79 Å². The Morgan fingerprint density at radius 3 is 2.89 bits per heavy atom. The highest BCUT2D eigenvalue weighted by atomic mass is 35.5. The summed E-state index contributed by atoms with van der Waals surface area (Å²) in [6.45, 7) is 6.47. The number of anilines is 3. The highest BCUT2D eigenvalue weighted by molar-refractivity contribution is 6.32. The van der Waals surface area contributed by atoms with Crippen molar-refractivity contribution in [1.29, 1.82) is 0 Å². The van der Waals surface area contributed by atoms with Gasteiger partial charge in [0.2, 0.25) is 5.95 Å². The molecule has 0 atom stereocenters. The molecule has 0 amide bonds. The van der Waals surface area contributed by atoms with Gasteiger partial charge in [-0.3, -0.25) is 9.69 Å². The maximum atomic E-state index is 12.1. The van der Waals surface area contributed by atoms with Gasteiger partial charge in [0.15, 0.2) is 5.82 Å². The molecule has 2 fully saturated rings. The minimum absolute atomic E-state index is 0.282. The van der Waals surface area contributed by atoms with Crippen molar-refractivity contribution < 1.29 is 14.3 Å². The van der Waals surface area contributed by atoms with Crippen molar-refractivity contribution in [3.8, 4) is 5.75 Å². The minimum atomic E-state index is 0.282. The summed E-state index contributed by atoms with van der Waals surface area (Å²) in [5, 5.41) is 6.97. The molecule has 5 rings (SSSR count). The molecule has 10 heteroatoms. The number of ether oxygens (including phenoxy) is 2. The van der Waals surface area contributed by atoms with Gasteiger partial charge in [-0.2, -0.15) is 4.98 Å². The number of halogens is 1. The molecule has 0 unspecified atom stereocenters. The second kappa shape index (κ2) is 11.7. The number of carbonyl (C=O) groups is 1. The van der Waals surface area contributed by atoms with Gasteiger partial charge < -0.3 is 25.0 Å². The Balaban J connectivity index is 1.24. The van der Waals surface area contributed by atoms with E-state index in [2.05, 4.69) is 36.5 Å². The van der Waals surface area contributed by atoms with Crippen molar-refractivity contribution in [3.05, 3.63) is 59.0 Å². The summed E-state index contributed by atoms with van der Waals surface area (Å²) in [5.74, 6) is 1.91. The average molecular weight is 511 g/mol. The van der Waals surface area contributed by atoms with E-state index in [1.165, 1.54) is 0 Å². The molecular weight excluding hydrogens is 480 g/mol. The lowest BCUT2D eigenvalue weighted by atomic mass is 10.1. The third-order valence-electron chi connectivity index (χ3n) is 6.43. The van der Waals surface area contributed by atoms with Gasteiger partial charge in [0.05, 0.1) is 25.1 Å². The Labute approximate surface area is 216 Å². The van der Waals surface area contributed by atoms with E-state index in [1.54, 1.807) is 6.20 Å². The number of para-hydroxylation sites is 2. The predicted molar refractivity (Wildman–Crippen MR) is 140 cm³/mol. The first-order chi connectivity index (χ1) is 17.6. The van der Waals surface area contributed by atoms with Crippen molar-refractivity contribution in [2.75, 3.05) is 63.2 Å². The SMILES string of the molecule is O=C1CCCN2CC=C(Nc3ncc(Cl)c(Nc4ccccc4OCCN4CCOCC4)n3)C=C2C1. The number of aromatic nitrogens is 2. The number of hydrogen-bond acceptors (Lipinski definition) is 9. The highest BCUT2D eigenvalue weighted by Gasteiger charge is 2.21. The maximum Gasteiger partial charge on any atom is 0.229 e. The van der Waals surface area contributed by atoms with Crippen molar-refractivity contribution in [1.82, 2.24) is 19.8 Å². The summed E-state index contributed by atoms with van der Waals surface area (Å²) >= 11 is 6.43. The molecule has 190 valence electrons. The summed E-state index contributed by atoms with van der Waals surface area (Å²) in [6, 6.07) is 7.73. The molecule has 0 aliphatic carbocycles. The molecule has 2 aromatic rings. The lowest BCUT2D eigenvalue weighted by molar-refractivity contribution is -0.118. The van der Waals surface area contributed by atoms with Gasteiger partial charge in [-0.1, -0.05) is 23.7 Å². The first-order valence-electron chi connectivity index (χ1n) is 12.4. The zero-order chi connectivity index (χ0) is 24.7. The molecule has 0 spiro atoms. The van der Waals surface area contributed by atoms with Crippen molar-refractivity contribution >= 4 is 34.8 Å². The molecule has 1 aromatic carbocycles. The Kier molecular flexibility index (Phi) is 8.00. The smallest absolute Gasteiger partial charge is 0.229 e. The normalized spacial score (nSPS) is 18.6. The molecule has 0 bridgehead atoms. The van der Waals surface area contributed by atoms with Crippen LogP contribution in [-0.2, 0) is 9.53 Å². The number of nitrogens with one attached hydrogen (secondary N) is 2. The topological polar surface area (TPSA) is 91.9 Å². The third-order valence-corrected chi connectivity index (χ3v) is 6.71. The standard InChI is InChI=1S/C26H31ClN6O3/c27-22-18-28-26(29-19-7-9-33-8-3-4-21(34)17-20(33)16-19)31-25(22)30-23-5-1-2-6-24(23)36-15-12-32-10-13-35-14-11-32/h1-2,5-7,16,18H,3-4,8-15,17H2,(H2,28,29,30,31). The average Bonchev–Trinajstić information content (AvgIpc) is 3.08. The van der Waals surface area contributed by atoms with Crippen LogP contribution in [0.2, 0.25) is 5.02 Å². The number of allylic oxidation sites excluding steroid dienone is 2. The van der Waals surface area contributed by atoms with E-state index >= 15 is 0 Å². The molecule has 9 nitrogen and oxygen atoms in total. The van der Waals surface area contributed by atoms with Crippen LogP contribution in [0.4, 0.5) is 17.5 Å². The Morgan fingerprint density at radius 1 is 1.14 bits per heavy atom. The van der Waals surface area contributed by atoms with Crippen LogP contribution in [0.25, 0.3) is 0 Å². The molecular formula is C26H31ClN6O3. The van der Waals surface area contributed by atoms with E-state index in [0.29, 0.717) is 36.2 Å². The van der Waals surface area contributed by atoms with Crippen molar-refractivity contribution in [2.45, 2.75) is 19.3 Å². The van der Waals surface area contributed by atoms with Crippen LogP contribution in [0.15, 0.2) is 54.0 Å². The zero-order valence-corrected chi connectivity index (χ0v) is 21.0. The molecule has 3 aliphatic rings. The molecule has 36 heavy (non-hydrogen) atoms. The number of ketones is 1. The summed E-state index contributed by atoms with van der Waals surface area (Å²) in [6.07, 6.45) is 7.68. The minimum Gasteiger partial charge on any atom is -0.490 e. The zero-order valence-electron chi connectivity index (χ0n) is 20.2. The van der Waals surface area contributed by atoms with E-state index in [4.69, 9.17) is 21.1 Å². The first kappa shape index (κ1) is 24.5. The summed E-state index contributed by atoms with van der Waals surface area (Å²) in [7, 11) is 0. The number of morpholine rings is 1. The van der Waals surface area contributed by atoms with Crippen LogP contribution in [0.5, 0.6) is 5.75 Å². The molecule has 2 saturated heterocycles. The highest BCUT2D eigenvalue weighted by Crippen LogP contribution is 2.31. The van der Waals surface area contributed by atoms with E-state index < -0.39 is 0 Å². The van der Waals surface area contributed by atoms with Crippen LogP contribution in [0, 0.1) is 0 Å². The largest absolute Gasteiger partial charge is 0.490 e. The molecule has 0 saturated carbocycles. The summed E-state index contributed by atoms with van der Waals surface area (Å²) in [4.78, 5) is 25.6.